The van der Waals surface area contributed by atoms with Crippen molar-refractivity contribution in [1.29, 1.82) is 0 Å². The Bertz CT molecular complexity index is 239. The molecule has 0 heterocycles. The van der Waals surface area contributed by atoms with Crippen molar-refractivity contribution in [2.24, 2.45) is 11.3 Å². The van der Waals surface area contributed by atoms with E-state index in [2.05, 4.69) is 31.0 Å². The fourth-order valence-electron chi connectivity index (χ4n) is 3.59. The first-order valence-corrected chi connectivity index (χ1v) is 8.10. The van der Waals surface area contributed by atoms with Crippen LogP contribution in [0.25, 0.3) is 0 Å². The van der Waals surface area contributed by atoms with Crippen LogP contribution in [0.4, 0.5) is 0 Å². The molecule has 2 fully saturated rings. The molecule has 0 unspecified atom stereocenters. The minimum Gasteiger partial charge on any atom is -0.316 e. The molecular formula is C16H32N2. The van der Waals surface area contributed by atoms with Gasteiger partial charge in [0, 0.05) is 25.7 Å². The molecule has 2 saturated carbocycles. The molecule has 0 bridgehead atoms. The molecule has 1 N–H and O–H groups in total. The van der Waals surface area contributed by atoms with Gasteiger partial charge in [0.25, 0.3) is 0 Å². The standard InChI is InChI=1S/C16H32N2/c1-4-17-12-16(9-5-6-10-16)13-18(11-14(2)3)15-7-8-15/h14-15,17H,4-13H2,1-3H3. The van der Waals surface area contributed by atoms with Crippen LogP contribution in [0, 0.1) is 11.3 Å². The summed E-state index contributed by atoms with van der Waals surface area (Å²) in [5, 5.41) is 3.62. The Morgan fingerprint density at radius 1 is 1.22 bits per heavy atom. The SMILES string of the molecule is CCNCC1(CN(CC(C)C)C2CC2)CCCC1. The zero-order chi connectivity index (χ0) is 13.0. The molecule has 18 heavy (non-hydrogen) atoms. The van der Waals surface area contributed by atoms with Gasteiger partial charge in [0.15, 0.2) is 0 Å². The molecule has 2 aliphatic rings. The molecule has 0 saturated heterocycles. The quantitative estimate of drug-likeness (QED) is 0.713. The van der Waals surface area contributed by atoms with E-state index in [1.165, 1.54) is 58.2 Å². The van der Waals surface area contributed by atoms with Gasteiger partial charge >= 0.3 is 0 Å². The largest absolute Gasteiger partial charge is 0.316 e. The number of hydrogen-bond donors (Lipinski definition) is 1. The lowest BCUT2D eigenvalue weighted by molar-refractivity contribution is 0.130. The van der Waals surface area contributed by atoms with Gasteiger partial charge in [-0.15, -0.1) is 0 Å². The zero-order valence-corrected chi connectivity index (χ0v) is 12.7. The monoisotopic (exact) mass is 252 g/mol. The predicted molar refractivity (Wildman–Crippen MR) is 78.9 cm³/mol. The van der Waals surface area contributed by atoms with Crippen molar-refractivity contribution in [2.45, 2.75) is 65.3 Å². The molecular weight excluding hydrogens is 220 g/mol. The van der Waals surface area contributed by atoms with Crippen LogP contribution in [0.1, 0.15) is 59.3 Å². The van der Waals surface area contributed by atoms with Crippen molar-refractivity contribution in [2.75, 3.05) is 26.2 Å². The highest BCUT2D eigenvalue weighted by Crippen LogP contribution is 2.40. The van der Waals surface area contributed by atoms with Crippen molar-refractivity contribution >= 4 is 0 Å². The van der Waals surface area contributed by atoms with Gasteiger partial charge in [0.05, 0.1) is 0 Å². The highest BCUT2D eigenvalue weighted by atomic mass is 15.2. The average Bonchev–Trinajstić information content (AvgIpc) is 3.08. The average molecular weight is 252 g/mol. The normalized spacial score (nSPS) is 23.2. The van der Waals surface area contributed by atoms with Gasteiger partial charge in [-0.2, -0.15) is 0 Å². The van der Waals surface area contributed by atoms with Crippen LogP contribution >= 0.6 is 0 Å². The summed E-state index contributed by atoms with van der Waals surface area (Å²) in [6.45, 7) is 12.0. The molecule has 0 spiro atoms. The Hall–Kier alpha value is -0.0800. The summed E-state index contributed by atoms with van der Waals surface area (Å²) < 4.78 is 0. The van der Waals surface area contributed by atoms with Crippen LogP contribution in [0.3, 0.4) is 0 Å². The molecule has 0 aromatic heterocycles. The number of nitrogens with one attached hydrogen (secondary N) is 1. The molecule has 0 radical (unpaired) electrons. The van der Waals surface area contributed by atoms with Crippen LogP contribution in [-0.4, -0.2) is 37.1 Å². The highest BCUT2D eigenvalue weighted by molar-refractivity contribution is 4.94. The van der Waals surface area contributed by atoms with E-state index in [0.29, 0.717) is 5.41 Å². The zero-order valence-electron chi connectivity index (χ0n) is 12.7. The van der Waals surface area contributed by atoms with Crippen LogP contribution in [-0.2, 0) is 0 Å². The van der Waals surface area contributed by atoms with Gasteiger partial charge in [0.1, 0.15) is 0 Å². The Labute approximate surface area is 114 Å². The Kier molecular flexibility index (Phi) is 5.08. The second-order valence-corrected chi connectivity index (χ2v) is 7.04. The molecule has 2 aliphatic carbocycles. The molecule has 2 heteroatoms. The third-order valence-electron chi connectivity index (χ3n) is 4.62. The minimum absolute atomic E-state index is 0.591. The summed E-state index contributed by atoms with van der Waals surface area (Å²) in [7, 11) is 0. The summed E-state index contributed by atoms with van der Waals surface area (Å²) in [5.74, 6) is 0.809. The van der Waals surface area contributed by atoms with E-state index >= 15 is 0 Å². The predicted octanol–water partition coefficient (Wildman–Crippen LogP) is 3.28. The number of hydrogen-bond acceptors (Lipinski definition) is 2. The van der Waals surface area contributed by atoms with E-state index < -0.39 is 0 Å². The molecule has 0 amide bonds. The van der Waals surface area contributed by atoms with Crippen molar-refractivity contribution in [3.05, 3.63) is 0 Å². The Balaban J connectivity index is 1.92. The maximum atomic E-state index is 3.62. The Morgan fingerprint density at radius 3 is 2.39 bits per heavy atom. The lowest BCUT2D eigenvalue weighted by atomic mass is 9.85. The first kappa shape index (κ1) is 14.3. The Morgan fingerprint density at radius 2 is 1.89 bits per heavy atom. The van der Waals surface area contributed by atoms with E-state index in [1.807, 2.05) is 0 Å². The summed E-state index contributed by atoms with van der Waals surface area (Å²) in [4.78, 5) is 2.81. The van der Waals surface area contributed by atoms with E-state index in [-0.39, 0.29) is 0 Å². The first-order valence-electron chi connectivity index (χ1n) is 8.10. The fraction of sp³-hybridized carbons (Fsp3) is 1.00. The van der Waals surface area contributed by atoms with Crippen molar-refractivity contribution < 1.29 is 0 Å². The second-order valence-electron chi connectivity index (χ2n) is 7.04. The van der Waals surface area contributed by atoms with E-state index in [4.69, 9.17) is 0 Å². The molecule has 2 rings (SSSR count). The second kappa shape index (κ2) is 6.38. The van der Waals surface area contributed by atoms with Crippen molar-refractivity contribution in [3.8, 4) is 0 Å². The summed E-state index contributed by atoms with van der Waals surface area (Å²) in [6.07, 6.45) is 8.69. The van der Waals surface area contributed by atoms with E-state index in [9.17, 15) is 0 Å². The van der Waals surface area contributed by atoms with Gasteiger partial charge in [-0.1, -0.05) is 33.6 Å². The van der Waals surface area contributed by atoms with Crippen LogP contribution in [0.2, 0.25) is 0 Å². The maximum Gasteiger partial charge on any atom is 0.00967 e. The topological polar surface area (TPSA) is 15.3 Å². The maximum absolute atomic E-state index is 3.62. The number of rotatable bonds is 8. The highest BCUT2D eigenvalue weighted by Gasteiger charge is 2.39. The van der Waals surface area contributed by atoms with Gasteiger partial charge in [0.2, 0.25) is 0 Å². The lowest BCUT2D eigenvalue weighted by Crippen LogP contribution is -2.44. The van der Waals surface area contributed by atoms with Crippen molar-refractivity contribution in [1.82, 2.24) is 10.2 Å². The van der Waals surface area contributed by atoms with E-state index in [1.54, 1.807) is 0 Å². The van der Waals surface area contributed by atoms with Crippen LogP contribution in [0.15, 0.2) is 0 Å². The van der Waals surface area contributed by atoms with Crippen LogP contribution in [0.5, 0.6) is 0 Å². The van der Waals surface area contributed by atoms with Gasteiger partial charge in [-0.05, 0) is 43.6 Å². The molecule has 0 aromatic rings. The molecule has 0 atom stereocenters. The fourth-order valence-corrected chi connectivity index (χ4v) is 3.59. The van der Waals surface area contributed by atoms with Gasteiger partial charge in [-0.25, -0.2) is 0 Å². The summed E-state index contributed by atoms with van der Waals surface area (Å²) in [6, 6.07) is 0.923. The lowest BCUT2D eigenvalue weighted by Gasteiger charge is -2.36. The van der Waals surface area contributed by atoms with E-state index in [0.717, 1.165) is 18.5 Å². The molecule has 106 valence electrons. The van der Waals surface area contributed by atoms with Crippen LogP contribution < -0.4 is 5.32 Å². The molecule has 0 aliphatic heterocycles. The molecule has 0 aromatic carbocycles. The minimum atomic E-state index is 0.591. The van der Waals surface area contributed by atoms with Gasteiger partial charge in [-0.3, -0.25) is 4.90 Å². The smallest absolute Gasteiger partial charge is 0.00967 e. The third-order valence-corrected chi connectivity index (χ3v) is 4.62. The first-order chi connectivity index (χ1) is 8.65. The summed E-state index contributed by atoms with van der Waals surface area (Å²) >= 11 is 0. The van der Waals surface area contributed by atoms with Crippen molar-refractivity contribution in [3.63, 3.8) is 0 Å². The van der Waals surface area contributed by atoms with Gasteiger partial charge < -0.3 is 5.32 Å². The molecule has 2 nitrogen and oxygen atoms in total. The number of nitrogens with zero attached hydrogens (tertiary/aromatic N) is 1. The third kappa shape index (κ3) is 3.96. The summed E-state index contributed by atoms with van der Waals surface area (Å²) in [5.41, 5.74) is 0.591.